The van der Waals surface area contributed by atoms with Gasteiger partial charge in [-0.05, 0) is 37.5 Å². The van der Waals surface area contributed by atoms with Gasteiger partial charge in [-0.25, -0.2) is 0 Å². The summed E-state index contributed by atoms with van der Waals surface area (Å²) in [5.41, 5.74) is 3.68. The van der Waals surface area contributed by atoms with E-state index in [-0.39, 0.29) is 0 Å². The molecule has 1 N–H and O–H groups in total. The van der Waals surface area contributed by atoms with Crippen LogP contribution in [0.15, 0.2) is 24.5 Å². The molecule has 21 heavy (non-hydrogen) atoms. The monoisotopic (exact) mass is 285 g/mol. The van der Waals surface area contributed by atoms with Crippen molar-refractivity contribution < 1.29 is 0 Å². The molecule has 1 aliphatic rings. The fourth-order valence-corrected chi connectivity index (χ4v) is 2.75. The average Bonchev–Trinajstić information content (AvgIpc) is 3.23. The first-order chi connectivity index (χ1) is 10.1. The summed E-state index contributed by atoms with van der Waals surface area (Å²) in [5, 5.41) is 8.19. The minimum atomic E-state index is 0.711. The SMILES string of the molecule is Cc1nn(C)c(N(C)Cc2ccncc2)c1CNC1CC1. The van der Waals surface area contributed by atoms with Crippen LogP contribution in [0.5, 0.6) is 0 Å². The lowest BCUT2D eigenvalue weighted by Gasteiger charge is -2.21. The third-order valence-electron chi connectivity index (χ3n) is 3.99. The Labute approximate surface area is 126 Å². The lowest BCUT2D eigenvalue weighted by Crippen LogP contribution is -2.23. The predicted molar refractivity (Wildman–Crippen MR) is 84.2 cm³/mol. The second-order valence-corrected chi connectivity index (χ2v) is 5.88. The van der Waals surface area contributed by atoms with Crippen LogP contribution in [0, 0.1) is 6.92 Å². The van der Waals surface area contributed by atoms with Crippen molar-refractivity contribution in [3.05, 3.63) is 41.3 Å². The van der Waals surface area contributed by atoms with E-state index in [0.717, 1.165) is 18.8 Å². The molecule has 0 radical (unpaired) electrons. The zero-order chi connectivity index (χ0) is 14.8. The van der Waals surface area contributed by atoms with Crippen LogP contribution in [0.2, 0.25) is 0 Å². The van der Waals surface area contributed by atoms with Crippen molar-refractivity contribution in [1.82, 2.24) is 20.1 Å². The van der Waals surface area contributed by atoms with Crippen LogP contribution >= 0.6 is 0 Å². The fraction of sp³-hybridized carbons (Fsp3) is 0.500. The number of rotatable bonds is 6. The van der Waals surface area contributed by atoms with Crippen LogP contribution in [0.3, 0.4) is 0 Å². The largest absolute Gasteiger partial charge is 0.355 e. The van der Waals surface area contributed by atoms with Crippen molar-refractivity contribution in [3.63, 3.8) is 0 Å². The predicted octanol–water partition coefficient (Wildman–Crippen LogP) is 2.01. The second kappa shape index (κ2) is 5.85. The molecule has 1 aliphatic carbocycles. The van der Waals surface area contributed by atoms with Gasteiger partial charge in [-0.1, -0.05) is 0 Å². The van der Waals surface area contributed by atoms with E-state index in [4.69, 9.17) is 0 Å². The van der Waals surface area contributed by atoms with Crippen molar-refractivity contribution in [2.24, 2.45) is 7.05 Å². The van der Waals surface area contributed by atoms with Gasteiger partial charge in [0.2, 0.25) is 0 Å². The summed E-state index contributed by atoms with van der Waals surface area (Å²) in [4.78, 5) is 6.34. The maximum Gasteiger partial charge on any atom is 0.131 e. The highest BCUT2D eigenvalue weighted by Crippen LogP contribution is 2.26. The molecule has 112 valence electrons. The van der Waals surface area contributed by atoms with E-state index >= 15 is 0 Å². The van der Waals surface area contributed by atoms with Gasteiger partial charge in [0, 0.05) is 51.2 Å². The molecule has 2 aromatic rings. The topological polar surface area (TPSA) is 46.0 Å². The smallest absolute Gasteiger partial charge is 0.131 e. The highest BCUT2D eigenvalue weighted by molar-refractivity contribution is 5.50. The molecule has 0 bridgehead atoms. The first-order valence-electron chi connectivity index (χ1n) is 7.51. The molecule has 5 heteroatoms. The highest BCUT2D eigenvalue weighted by atomic mass is 15.4. The third-order valence-corrected chi connectivity index (χ3v) is 3.99. The molecule has 2 aromatic heterocycles. The second-order valence-electron chi connectivity index (χ2n) is 5.88. The number of hydrogen-bond acceptors (Lipinski definition) is 4. The molecule has 0 atom stereocenters. The summed E-state index contributed by atoms with van der Waals surface area (Å²) >= 11 is 0. The van der Waals surface area contributed by atoms with Crippen LogP contribution in [0.4, 0.5) is 5.82 Å². The highest BCUT2D eigenvalue weighted by Gasteiger charge is 2.23. The molecule has 0 saturated heterocycles. The Bertz CT molecular complexity index is 601. The number of nitrogens with one attached hydrogen (secondary N) is 1. The van der Waals surface area contributed by atoms with Crippen molar-refractivity contribution in [2.75, 3.05) is 11.9 Å². The molecular weight excluding hydrogens is 262 g/mol. The molecular formula is C16H23N5. The molecule has 0 unspecified atom stereocenters. The first kappa shape index (κ1) is 14.1. The summed E-state index contributed by atoms with van der Waals surface area (Å²) < 4.78 is 1.99. The van der Waals surface area contributed by atoms with Gasteiger partial charge in [-0.2, -0.15) is 5.10 Å². The zero-order valence-corrected chi connectivity index (χ0v) is 13.0. The van der Waals surface area contributed by atoms with Gasteiger partial charge in [0.05, 0.1) is 5.69 Å². The molecule has 1 saturated carbocycles. The van der Waals surface area contributed by atoms with E-state index in [0.29, 0.717) is 6.04 Å². The number of aromatic nitrogens is 3. The molecule has 0 amide bonds. The molecule has 1 fully saturated rings. The number of aryl methyl sites for hydroxylation is 2. The van der Waals surface area contributed by atoms with Crippen LogP contribution in [0.1, 0.15) is 29.7 Å². The normalized spacial score (nSPS) is 14.4. The molecule has 0 spiro atoms. The van der Waals surface area contributed by atoms with Crippen LogP contribution in [-0.4, -0.2) is 27.9 Å². The standard InChI is InChI=1S/C16H23N5/c1-12-15(10-18-14-4-5-14)16(21(3)19-12)20(2)11-13-6-8-17-9-7-13/h6-9,14,18H,4-5,10-11H2,1-3H3. The zero-order valence-electron chi connectivity index (χ0n) is 13.0. The molecule has 5 nitrogen and oxygen atoms in total. The van der Waals surface area contributed by atoms with Gasteiger partial charge in [-0.3, -0.25) is 9.67 Å². The Balaban J connectivity index is 1.78. The van der Waals surface area contributed by atoms with Gasteiger partial charge >= 0.3 is 0 Å². The van der Waals surface area contributed by atoms with Gasteiger partial charge in [0.25, 0.3) is 0 Å². The van der Waals surface area contributed by atoms with Gasteiger partial charge in [0.1, 0.15) is 5.82 Å². The Kier molecular flexibility index (Phi) is 3.92. The first-order valence-corrected chi connectivity index (χ1v) is 7.51. The van der Waals surface area contributed by atoms with Gasteiger partial charge in [0.15, 0.2) is 0 Å². The van der Waals surface area contributed by atoms with E-state index in [2.05, 4.69) is 46.4 Å². The quantitative estimate of drug-likeness (QED) is 0.882. The maximum atomic E-state index is 4.59. The Morgan fingerprint density at radius 3 is 2.71 bits per heavy atom. The summed E-state index contributed by atoms with van der Waals surface area (Å²) in [6, 6.07) is 4.83. The minimum Gasteiger partial charge on any atom is -0.355 e. The average molecular weight is 285 g/mol. The fourth-order valence-electron chi connectivity index (χ4n) is 2.75. The van der Waals surface area contributed by atoms with Crippen molar-refractivity contribution in [3.8, 4) is 0 Å². The molecule has 0 aliphatic heterocycles. The van der Waals surface area contributed by atoms with E-state index in [1.165, 1.54) is 29.8 Å². The summed E-state index contributed by atoms with van der Waals surface area (Å²) in [6.07, 6.45) is 6.30. The number of pyridine rings is 1. The number of hydrogen-bond donors (Lipinski definition) is 1. The Morgan fingerprint density at radius 1 is 1.33 bits per heavy atom. The Morgan fingerprint density at radius 2 is 2.05 bits per heavy atom. The van der Waals surface area contributed by atoms with Crippen LogP contribution in [0.25, 0.3) is 0 Å². The van der Waals surface area contributed by atoms with Crippen molar-refractivity contribution in [1.29, 1.82) is 0 Å². The number of nitrogens with zero attached hydrogens (tertiary/aromatic N) is 4. The van der Waals surface area contributed by atoms with E-state index in [9.17, 15) is 0 Å². The molecule has 0 aromatic carbocycles. The third kappa shape index (κ3) is 3.24. The number of anilines is 1. The molecule has 3 rings (SSSR count). The van der Waals surface area contributed by atoms with Crippen molar-refractivity contribution in [2.45, 2.75) is 38.9 Å². The van der Waals surface area contributed by atoms with Gasteiger partial charge < -0.3 is 10.2 Å². The summed E-state index contributed by atoms with van der Waals surface area (Å²) in [7, 11) is 4.14. The lowest BCUT2D eigenvalue weighted by molar-refractivity contribution is 0.680. The van der Waals surface area contributed by atoms with E-state index in [1.54, 1.807) is 0 Å². The van der Waals surface area contributed by atoms with E-state index in [1.807, 2.05) is 24.1 Å². The van der Waals surface area contributed by atoms with Crippen LogP contribution in [-0.2, 0) is 20.1 Å². The minimum absolute atomic E-state index is 0.711. The van der Waals surface area contributed by atoms with Crippen LogP contribution < -0.4 is 10.2 Å². The summed E-state index contributed by atoms with van der Waals surface area (Å²) in [6.45, 7) is 3.85. The maximum absolute atomic E-state index is 4.59. The Hall–Kier alpha value is -1.88. The lowest BCUT2D eigenvalue weighted by atomic mass is 10.2. The summed E-state index contributed by atoms with van der Waals surface area (Å²) in [5.74, 6) is 1.19. The van der Waals surface area contributed by atoms with Crippen molar-refractivity contribution >= 4 is 5.82 Å². The van der Waals surface area contributed by atoms with E-state index < -0.39 is 0 Å². The van der Waals surface area contributed by atoms with Gasteiger partial charge in [-0.15, -0.1) is 0 Å². The molecule has 2 heterocycles.